The summed E-state index contributed by atoms with van der Waals surface area (Å²) in [6.45, 7) is 0. The van der Waals surface area contributed by atoms with Crippen molar-refractivity contribution in [2.24, 2.45) is 0 Å². The maximum Gasteiger partial charge on any atom is 0.0127 e. The van der Waals surface area contributed by atoms with E-state index in [1.54, 1.807) is 11.1 Å². The molecule has 1 aromatic carbocycles. The van der Waals surface area contributed by atoms with E-state index in [4.69, 9.17) is 6.42 Å². The van der Waals surface area contributed by atoms with Crippen molar-refractivity contribution in [3.05, 3.63) is 34.9 Å². The highest BCUT2D eigenvalue weighted by Crippen LogP contribution is 2.22. The number of aryl methyl sites for hydroxylation is 3. The molecule has 0 N–H and O–H groups in total. The minimum atomic E-state index is 0.860. The van der Waals surface area contributed by atoms with Crippen LogP contribution in [0.5, 0.6) is 0 Å². The van der Waals surface area contributed by atoms with Gasteiger partial charge >= 0.3 is 0 Å². The first kappa shape index (κ1) is 9.34. The van der Waals surface area contributed by atoms with E-state index in [1.165, 1.54) is 31.2 Å². The van der Waals surface area contributed by atoms with Crippen LogP contribution in [-0.4, -0.2) is 0 Å². The summed E-state index contributed by atoms with van der Waals surface area (Å²) in [5.74, 6) is 2.70. The molecule has 0 saturated carbocycles. The number of hydrogen-bond acceptors (Lipinski definition) is 0. The summed E-state index contributed by atoms with van der Waals surface area (Å²) in [7, 11) is 0. The van der Waals surface area contributed by atoms with E-state index in [2.05, 4.69) is 24.1 Å². The minimum absolute atomic E-state index is 0.860. The van der Waals surface area contributed by atoms with Gasteiger partial charge in [0.25, 0.3) is 0 Å². The minimum Gasteiger partial charge on any atom is -0.120 e. The molecule has 14 heavy (non-hydrogen) atoms. The number of benzene rings is 1. The molecule has 0 radical (unpaired) electrons. The predicted octanol–water partition coefficient (Wildman–Crippen LogP) is 3.13. The maximum atomic E-state index is 5.26. The second-order valence-electron chi connectivity index (χ2n) is 4.01. The molecule has 72 valence electrons. The number of fused-ring (bicyclic) bond motifs is 1. The molecule has 0 spiro atoms. The standard InChI is InChI=1S/C14H16/c1-2-3-6-12-9-10-13-7-4-5-8-14(13)11-12/h1,9-11H,3-8H2. The molecular weight excluding hydrogens is 168 g/mol. The van der Waals surface area contributed by atoms with Gasteiger partial charge in [-0.1, -0.05) is 18.2 Å². The molecule has 1 aliphatic carbocycles. The summed E-state index contributed by atoms with van der Waals surface area (Å²) >= 11 is 0. The predicted molar refractivity (Wildman–Crippen MR) is 60.2 cm³/mol. The van der Waals surface area contributed by atoms with Crippen molar-refractivity contribution in [2.45, 2.75) is 38.5 Å². The Morgan fingerprint density at radius 3 is 2.71 bits per heavy atom. The van der Waals surface area contributed by atoms with E-state index in [9.17, 15) is 0 Å². The van der Waals surface area contributed by atoms with Gasteiger partial charge in [0.2, 0.25) is 0 Å². The maximum absolute atomic E-state index is 5.26. The lowest BCUT2D eigenvalue weighted by Crippen LogP contribution is -2.03. The summed E-state index contributed by atoms with van der Waals surface area (Å²) in [6.07, 6.45) is 12.4. The lowest BCUT2D eigenvalue weighted by atomic mass is 9.90. The Balaban J connectivity index is 2.17. The van der Waals surface area contributed by atoms with Gasteiger partial charge in [0.15, 0.2) is 0 Å². The molecule has 0 heterocycles. The van der Waals surface area contributed by atoms with Crippen LogP contribution in [0.15, 0.2) is 18.2 Å². The topological polar surface area (TPSA) is 0 Å². The van der Waals surface area contributed by atoms with Crippen LogP contribution in [0.4, 0.5) is 0 Å². The van der Waals surface area contributed by atoms with Gasteiger partial charge < -0.3 is 0 Å². The van der Waals surface area contributed by atoms with Crippen LogP contribution in [0.2, 0.25) is 0 Å². The molecule has 0 amide bonds. The first-order valence-corrected chi connectivity index (χ1v) is 5.44. The van der Waals surface area contributed by atoms with Crippen LogP contribution in [0.3, 0.4) is 0 Å². The van der Waals surface area contributed by atoms with Gasteiger partial charge in [-0.25, -0.2) is 0 Å². The molecule has 1 aliphatic rings. The Kier molecular flexibility index (Phi) is 2.89. The Labute approximate surface area is 86.3 Å². The third-order valence-electron chi connectivity index (χ3n) is 2.97. The Morgan fingerprint density at radius 1 is 1.14 bits per heavy atom. The zero-order valence-electron chi connectivity index (χ0n) is 8.55. The Bertz CT molecular complexity index is 355. The van der Waals surface area contributed by atoms with Crippen molar-refractivity contribution in [2.75, 3.05) is 0 Å². The van der Waals surface area contributed by atoms with Crippen molar-refractivity contribution in [1.29, 1.82) is 0 Å². The van der Waals surface area contributed by atoms with E-state index < -0.39 is 0 Å². The van der Waals surface area contributed by atoms with Gasteiger partial charge in [-0.2, -0.15) is 0 Å². The van der Waals surface area contributed by atoms with Crippen molar-refractivity contribution < 1.29 is 0 Å². The second kappa shape index (κ2) is 4.33. The highest BCUT2D eigenvalue weighted by Gasteiger charge is 2.08. The molecule has 0 fully saturated rings. The van der Waals surface area contributed by atoms with Crippen LogP contribution >= 0.6 is 0 Å². The van der Waals surface area contributed by atoms with Gasteiger partial charge in [-0.15, -0.1) is 12.3 Å². The highest BCUT2D eigenvalue weighted by atomic mass is 14.1. The van der Waals surface area contributed by atoms with Crippen molar-refractivity contribution in [3.8, 4) is 12.3 Å². The summed E-state index contributed by atoms with van der Waals surface area (Å²) in [6, 6.07) is 6.88. The lowest BCUT2D eigenvalue weighted by Gasteiger charge is -2.16. The number of terminal acetylenes is 1. The SMILES string of the molecule is C#CCCc1ccc2c(c1)CCCC2. The molecule has 0 bridgehead atoms. The fourth-order valence-electron chi connectivity index (χ4n) is 2.16. The summed E-state index contributed by atoms with van der Waals surface area (Å²) in [5, 5.41) is 0. The van der Waals surface area contributed by atoms with Gasteiger partial charge in [-0.3, -0.25) is 0 Å². The summed E-state index contributed by atoms with van der Waals surface area (Å²) in [4.78, 5) is 0. The third kappa shape index (κ3) is 1.99. The molecule has 0 saturated heterocycles. The van der Waals surface area contributed by atoms with Crippen molar-refractivity contribution in [3.63, 3.8) is 0 Å². The quantitative estimate of drug-likeness (QED) is 0.619. The summed E-state index contributed by atoms with van der Waals surface area (Å²) < 4.78 is 0. The normalized spacial score (nSPS) is 14.5. The monoisotopic (exact) mass is 184 g/mol. The highest BCUT2D eigenvalue weighted by molar-refractivity contribution is 5.34. The largest absolute Gasteiger partial charge is 0.120 e. The number of rotatable bonds is 2. The van der Waals surface area contributed by atoms with Crippen LogP contribution in [0.1, 0.15) is 36.0 Å². The first-order chi connectivity index (χ1) is 6.90. The fourth-order valence-corrected chi connectivity index (χ4v) is 2.16. The van der Waals surface area contributed by atoms with E-state index >= 15 is 0 Å². The first-order valence-electron chi connectivity index (χ1n) is 5.44. The molecule has 0 aromatic heterocycles. The van der Waals surface area contributed by atoms with E-state index in [0.717, 1.165) is 12.8 Å². The van der Waals surface area contributed by atoms with Crippen molar-refractivity contribution in [1.82, 2.24) is 0 Å². The lowest BCUT2D eigenvalue weighted by molar-refractivity contribution is 0.684. The van der Waals surface area contributed by atoms with E-state index in [-0.39, 0.29) is 0 Å². The van der Waals surface area contributed by atoms with Crippen molar-refractivity contribution >= 4 is 0 Å². The van der Waals surface area contributed by atoms with Gasteiger partial charge in [-0.05, 0) is 48.8 Å². The molecule has 2 rings (SSSR count). The second-order valence-corrected chi connectivity index (χ2v) is 4.01. The van der Waals surface area contributed by atoms with Gasteiger partial charge in [0.1, 0.15) is 0 Å². The van der Waals surface area contributed by atoms with Crippen LogP contribution in [0.25, 0.3) is 0 Å². The Hall–Kier alpha value is -1.22. The van der Waals surface area contributed by atoms with E-state index in [0.29, 0.717) is 0 Å². The number of hydrogen-bond donors (Lipinski definition) is 0. The fraction of sp³-hybridized carbons (Fsp3) is 0.429. The Morgan fingerprint density at radius 2 is 1.93 bits per heavy atom. The summed E-state index contributed by atoms with van der Waals surface area (Å²) in [5.41, 5.74) is 4.52. The van der Waals surface area contributed by atoms with E-state index in [1.807, 2.05) is 0 Å². The smallest absolute Gasteiger partial charge is 0.0127 e. The molecule has 1 aromatic rings. The average molecular weight is 184 g/mol. The molecule has 0 heteroatoms. The van der Waals surface area contributed by atoms with Gasteiger partial charge in [0.05, 0.1) is 0 Å². The van der Waals surface area contributed by atoms with Gasteiger partial charge in [0, 0.05) is 6.42 Å². The molecule has 0 unspecified atom stereocenters. The van der Waals surface area contributed by atoms with Crippen LogP contribution < -0.4 is 0 Å². The average Bonchev–Trinajstić information content (AvgIpc) is 2.26. The molecule has 0 nitrogen and oxygen atoms in total. The molecule has 0 atom stereocenters. The van der Waals surface area contributed by atoms with Crippen LogP contribution in [-0.2, 0) is 19.3 Å². The molecule has 0 aliphatic heterocycles. The zero-order valence-corrected chi connectivity index (χ0v) is 8.55. The zero-order chi connectivity index (χ0) is 9.80. The third-order valence-corrected chi connectivity index (χ3v) is 2.97. The van der Waals surface area contributed by atoms with Crippen LogP contribution in [0, 0.1) is 12.3 Å². The molecular formula is C14H16.